The number of ether oxygens (including phenoxy) is 16. The minimum atomic E-state index is -0.0453. The summed E-state index contributed by atoms with van der Waals surface area (Å²) in [6, 6.07) is 23.1. The Morgan fingerprint density at radius 3 is 1.15 bits per heavy atom. The zero-order valence-corrected chi connectivity index (χ0v) is 52.4. The van der Waals surface area contributed by atoms with Crippen LogP contribution < -0.4 is 29.8 Å². The van der Waals surface area contributed by atoms with Crippen LogP contribution in [0.25, 0.3) is 27.6 Å². The molecule has 6 aromatic rings. The average molecular weight is 1300 g/mol. The van der Waals surface area contributed by atoms with Crippen molar-refractivity contribution in [3.05, 3.63) is 106 Å². The molecule has 0 saturated carbocycles. The van der Waals surface area contributed by atoms with Crippen molar-refractivity contribution in [3.63, 3.8) is 0 Å². The van der Waals surface area contributed by atoms with Gasteiger partial charge in [0.25, 0.3) is 0 Å². The van der Waals surface area contributed by atoms with E-state index in [1.165, 1.54) is 0 Å². The Balaban J connectivity index is 1.06. The quantitative estimate of drug-likeness (QED) is 0.0298. The van der Waals surface area contributed by atoms with Crippen molar-refractivity contribution in [2.75, 3.05) is 211 Å². The SMILES string of the molecule is OCCOCCOCCOCCOc1cccc2c1C1=NC2=Nc2[nH]c(c3c(OCCOCCOCCOCCO)cccc23)/N=C2\N=C(CC=c3[nH]c(c4c(OCCOCCOCCOCCO)cccc34)=N1)c1c(OCCOCCOCCOCCO)cccc12. The lowest BCUT2D eigenvalue weighted by Gasteiger charge is -2.12. The van der Waals surface area contributed by atoms with Gasteiger partial charge in [0.1, 0.15) is 66.5 Å². The van der Waals surface area contributed by atoms with Gasteiger partial charge in [-0.25, -0.2) is 25.0 Å². The van der Waals surface area contributed by atoms with Gasteiger partial charge in [-0.05, 0) is 24.3 Å². The van der Waals surface area contributed by atoms with Gasteiger partial charge < -0.3 is 106 Å². The zero-order valence-electron chi connectivity index (χ0n) is 52.4. The van der Waals surface area contributed by atoms with Crippen LogP contribution in [0.4, 0.5) is 11.6 Å². The van der Waals surface area contributed by atoms with Crippen LogP contribution in [0.15, 0.2) is 97.8 Å². The fraction of sp³-hybridized carbons (Fsp3) is 0.500. The lowest BCUT2D eigenvalue weighted by atomic mass is 10.0. The van der Waals surface area contributed by atoms with Crippen molar-refractivity contribution in [2.24, 2.45) is 25.0 Å². The van der Waals surface area contributed by atoms with Gasteiger partial charge in [-0.15, -0.1) is 0 Å². The molecule has 0 atom stereocenters. The number of hydrogen-bond acceptors (Lipinski definition) is 25. The number of nitrogens with zero attached hydrogens (tertiary/aromatic N) is 5. The normalized spacial score (nSPS) is 13.8. The predicted octanol–water partition coefficient (Wildman–Crippen LogP) is 3.56. The maximum Gasteiger partial charge on any atom is 0.168 e. The van der Waals surface area contributed by atoms with Crippen molar-refractivity contribution in [1.82, 2.24) is 9.97 Å². The first-order valence-corrected chi connectivity index (χ1v) is 31.4. The molecule has 0 spiro atoms. The number of aliphatic imine (C=N–C) groups is 4. The van der Waals surface area contributed by atoms with Gasteiger partial charge >= 0.3 is 0 Å². The smallest absolute Gasteiger partial charge is 0.168 e. The highest BCUT2D eigenvalue weighted by molar-refractivity contribution is 6.27. The summed E-state index contributed by atoms with van der Waals surface area (Å²) in [6.07, 6.45) is 2.39. The fourth-order valence-electron chi connectivity index (χ4n) is 9.98. The largest absolute Gasteiger partial charge is 0.490 e. The number of amidine groups is 3. The monoisotopic (exact) mass is 1300 g/mol. The van der Waals surface area contributed by atoms with Crippen molar-refractivity contribution in [1.29, 1.82) is 0 Å². The van der Waals surface area contributed by atoms with Crippen LogP contribution >= 0.6 is 0 Å². The molecule has 504 valence electrons. The van der Waals surface area contributed by atoms with Gasteiger partial charge in [-0.1, -0.05) is 54.6 Å². The molecular weight excluding hydrogens is 1210 g/mol. The second kappa shape index (κ2) is 40.2. The highest BCUT2D eigenvalue weighted by atomic mass is 16.6. The highest BCUT2D eigenvalue weighted by Crippen LogP contribution is 2.43. The third kappa shape index (κ3) is 21.2. The summed E-state index contributed by atoms with van der Waals surface area (Å²) in [5.74, 6) is 4.19. The lowest BCUT2D eigenvalue weighted by molar-refractivity contribution is 0.00360. The maximum absolute atomic E-state index is 8.98. The number of aromatic nitrogens is 2. The average Bonchev–Trinajstić information content (AvgIpc) is 1.62. The molecule has 93 heavy (non-hydrogen) atoms. The van der Waals surface area contributed by atoms with E-state index in [1.807, 2.05) is 72.8 Å². The van der Waals surface area contributed by atoms with Gasteiger partial charge in [0.05, 0.1) is 207 Å². The predicted molar refractivity (Wildman–Crippen MR) is 345 cm³/mol. The van der Waals surface area contributed by atoms with E-state index >= 15 is 0 Å². The van der Waals surface area contributed by atoms with Crippen LogP contribution in [-0.2, 0) is 56.8 Å². The molecule has 0 saturated heterocycles. The third-order valence-electron chi connectivity index (χ3n) is 14.1. The maximum atomic E-state index is 8.98. The van der Waals surface area contributed by atoms with Crippen LogP contribution in [0.3, 0.4) is 0 Å². The first-order valence-electron chi connectivity index (χ1n) is 31.4. The first kappa shape index (κ1) is 70.2. The topological polar surface area (TPSA) is 322 Å². The lowest BCUT2D eigenvalue weighted by Crippen LogP contribution is -2.16. The zero-order chi connectivity index (χ0) is 64.3. The van der Waals surface area contributed by atoms with Gasteiger partial charge in [0.15, 0.2) is 17.5 Å². The van der Waals surface area contributed by atoms with Crippen molar-refractivity contribution in [2.45, 2.75) is 6.42 Å². The Labute approximate surface area is 538 Å². The minimum absolute atomic E-state index is 0.0410. The molecule has 27 nitrogen and oxygen atoms in total. The number of aromatic amines is 2. The summed E-state index contributed by atoms with van der Waals surface area (Å²) in [7, 11) is 0. The number of rotatable bonds is 48. The minimum Gasteiger partial charge on any atom is -0.490 e. The molecule has 27 heteroatoms. The van der Waals surface area contributed by atoms with Crippen molar-refractivity contribution in [3.8, 4) is 23.0 Å². The van der Waals surface area contributed by atoms with Gasteiger partial charge in [0, 0.05) is 39.2 Å². The summed E-state index contributed by atoms with van der Waals surface area (Å²) in [5.41, 5.74) is 3.95. The summed E-state index contributed by atoms with van der Waals surface area (Å²) in [4.78, 5) is 33.7. The van der Waals surface area contributed by atoms with E-state index in [1.54, 1.807) is 0 Å². The molecule has 0 unspecified atom stereocenters. The molecule has 2 aromatic heterocycles. The van der Waals surface area contributed by atoms with Crippen LogP contribution in [-0.4, -0.2) is 265 Å². The Hall–Kier alpha value is -7.13. The molecule has 3 aliphatic heterocycles. The summed E-state index contributed by atoms with van der Waals surface area (Å²) in [5, 5.41) is 39.5. The Kier molecular flexibility index (Phi) is 30.3. The fourth-order valence-corrected chi connectivity index (χ4v) is 9.98. The molecular formula is C66H85N7O20. The second-order valence-corrected chi connectivity index (χ2v) is 20.4. The van der Waals surface area contributed by atoms with E-state index in [2.05, 4.69) is 16.0 Å². The number of nitrogens with one attached hydrogen (secondary N) is 2. The third-order valence-corrected chi connectivity index (χ3v) is 14.1. The molecule has 0 aliphatic carbocycles. The van der Waals surface area contributed by atoms with E-state index in [-0.39, 0.29) is 99.1 Å². The van der Waals surface area contributed by atoms with Crippen LogP contribution in [0.2, 0.25) is 0 Å². The number of fused-ring (bicyclic) bond motifs is 18. The van der Waals surface area contributed by atoms with Gasteiger partial charge in [-0.2, -0.15) is 0 Å². The van der Waals surface area contributed by atoms with Crippen molar-refractivity contribution < 1.29 is 96.2 Å². The van der Waals surface area contributed by atoms with Crippen molar-refractivity contribution >= 4 is 62.5 Å². The molecule has 0 fully saturated rings. The van der Waals surface area contributed by atoms with E-state index < -0.39 is 0 Å². The van der Waals surface area contributed by atoms with Gasteiger partial charge in [0.2, 0.25) is 0 Å². The number of hydrogen-bond donors (Lipinski definition) is 6. The number of aliphatic hydroxyl groups is 4. The number of aliphatic hydroxyl groups excluding tert-OH is 4. The molecule has 3 aliphatic rings. The Morgan fingerprint density at radius 1 is 0.312 bits per heavy atom. The highest BCUT2D eigenvalue weighted by Gasteiger charge is 2.30. The summed E-state index contributed by atoms with van der Waals surface area (Å²) >= 11 is 0. The van der Waals surface area contributed by atoms with E-state index in [0.29, 0.717) is 209 Å². The van der Waals surface area contributed by atoms with Gasteiger partial charge in [-0.3, -0.25) is 0 Å². The van der Waals surface area contributed by atoms with E-state index in [0.717, 1.165) is 21.9 Å². The molecule has 5 heterocycles. The van der Waals surface area contributed by atoms with E-state index in [4.69, 9.17) is 121 Å². The summed E-state index contributed by atoms with van der Waals surface area (Å²) in [6.45, 7) is 8.76. The summed E-state index contributed by atoms with van der Waals surface area (Å²) < 4.78 is 93.2. The number of H-pyrrole nitrogens is 2. The standard InChI is InChI=1S/C66H85N7O20/c74-15-19-78-23-27-82-31-35-86-39-43-90-53-9-2-6-48-57(53)52-14-13-51-47-5-1-10-54(91-44-40-87-36-32-83-28-24-79-20-16-75)58(47)64(67-51)73-66-60-50(8-4-12-56(60)93-46-42-89-38-34-85-30-26-81-22-18-77)63(72-66)69-62-49-7-3-11-55(59(49)65(71-62)70-61(48)68-52)92-45-41-88-37-33-84-29-25-80-21-17-76/h1-13,71,74-77H,14-46H2,(H,67,69,72,73)/b51-13?,70-61-. The Bertz CT molecular complexity index is 3500. The molecule has 4 aromatic carbocycles. The van der Waals surface area contributed by atoms with Crippen LogP contribution in [0.1, 0.15) is 28.7 Å². The number of benzene rings is 4. The van der Waals surface area contributed by atoms with Crippen LogP contribution in [0, 0.1) is 0 Å². The molecule has 9 rings (SSSR count). The first-order chi connectivity index (χ1) is 46.1. The molecule has 8 bridgehead atoms. The molecule has 0 amide bonds. The molecule has 0 radical (unpaired) electrons. The Morgan fingerprint density at radius 2 is 0.677 bits per heavy atom. The van der Waals surface area contributed by atoms with Crippen LogP contribution in [0.5, 0.6) is 23.0 Å². The molecule has 6 N–H and O–H groups in total. The second-order valence-electron chi connectivity index (χ2n) is 20.4. The van der Waals surface area contributed by atoms with E-state index in [9.17, 15) is 0 Å².